The molecule has 0 fully saturated rings. The van der Waals surface area contributed by atoms with Crippen LogP contribution in [0.3, 0.4) is 0 Å². The molecule has 0 spiro atoms. The minimum absolute atomic E-state index is 0.149. The second kappa shape index (κ2) is 4.97. The van der Waals surface area contributed by atoms with Gasteiger partial charge in [0, 0.05) is 25.4 Å². The van der Waals surface area contributed by atoms with Crippen LogP contribution in [0.5, 0.6) is 11.5 Å². The topological polar surface area (TPSA) is 82.8 Å². The fraction of sp³-hybridized carbons (Fsp3) is 0.462. The zero-order chi connectivity index (χ0) is 14.0. The van der Waals surface area contributed by atoms with Crippen LogP contribution in [0.2, 0.25) is 0 Å². The molecule has 1 aromatic carbocycles. The fourth-order valence-electron chi connectivity index (χ4n) is 1.61. The van der Waals surface area contributed by atoms with Gasteiger partial charge in [-0.1, -0.05) is 0 Å². The van der Waals surface area contributed by atoms with Gasteiger partial charge >= 0.3 is 0 Å². The number of rotatable bonds is 4. The molecule has 19 heavy (non-hydrogen) atoms. The molecule has 3 N–H and O–H groups in total. The Kier molecular flexibility index (Phi) is 3.53. The largest absolute Gasteiger partial charge is 0.454 e. The maximum atomic E-state index is 12.1. The monoisotopic (exact) mass is 266 g/mol. The van der Waals surface area contributed by atoms with Gasteiger partial charge in [0.15, 0.2) is 11.5 Å². The van der Waals surface area contributed by atoms with Gasteiger partial charge in [0.1, 0.15) is 0 Å². The maximum absolute atomic E-state index is 12.1. The van der Waals surface area contributed by atoms with Crippen LogP contribution in [0.1, 0.15) is 24.2 Å². The Labute approximate surface area is 111 Å². The summed E-state index contributed by atoms with van der Waals surface area (Å²) in [7, 11) is 1.60. The molecule has 2 rings (SSSR count). The number of amides is 1. The van der Waals surface area contributed by atoms with Crippen molar-refractivity contribution in [2.75, 3.05) is 26.2 Å². The van der Waals surface area contributed by atoms with Crippen LogP contribution < -0.4 is 20.5 Å². The number of hydrogen-bond acceptors (Lipinski definition) is 5. The highest BCUT2D eigenvalue weighted by molar-refractivity contribution is 6.00. The molecule has 1 aromatic rings. The summed E-state index contributed by atoms with van der Waals surface area (Å²) >= 11 is 0. The summed E-state index contributed by atoms with van der Waals surface area (Å²) in [5, 5.41) is 2.78. The van der Waals surface area contributed by atoms with Gasteiger partial charge in [0.05, 0.1) is 11.2 Å². The summed E-state index contributed by atoms with van der Waals surface area (Å²) in [4.78, 5) is 12.1. The average Bonchev–Trinajstić information content (AvgIpc) is 2.82. The van der Waals surface area contributed by atoms with Crippen LogP contribution in [0.25, 0.3) is 0 Å². The van der Waals surface area contributed by atoms with Crippen molar-refractivity contribution in [2.24, 2.45) is 0 Å². The molecular formula is C13H18N2O4. The number of ether oxygens (including phenoxy) is 3. The van der Waals surface area contributed by atoms with Crippen LogP contribution >= 0.6 is 0 Å². The number of benzene rings is 1. The molecule has 0 unspecified atom stereocenters. The van der Waals surface area contributed by atoms with Crippen molar-refractivity contribution in [2.45, 2.75) is 19.4 Å². The number of methoxy groups -OCH3 is 1. The van der Waals surface area contributed by atoms with Gasteiger partial charge in [-0.05, 0) is 19.9 Å². The van der Waals surface area contributed by atoms with Crippen LogP contribution in [0.4, 0.5) is 5.69 Å². The molecular weight excluding hydrogens is 248 g/mol. The Bertz CT molecular complexity index is 500. The number of carbonyl (C=O) groups excluding carboxylic acids is 1. The first kappa shape index (κ1) is 13.5. The zero-order valence-electron chi connectivity index (χ0n) is 11.3. The highest BCUT2D eigenvalue weighted by atomic mass is 16.7. The van der Waals surface area contributed by atoms with E-state index in [-0.39, 0.29) is 12.7 Å². The summed E-state index contributed by atoms with van der Waals surface area (Å²) in [5.41, 5.74) is 6.14. The molecule has 0 radical (unpaired) electrons. The zero-order valence-corrected chi connectivity index (χ0v) is 11.3. The van der Waals surface area contributed by atoms with E-state index < -0.39 is 5.60 Å². The molecule has 1 amide bonds. The van der Waals surface area contributed by atoms with Crippen molar-refractivity contribution in [3.8, 4) is 11.5 Å². The van der Waals surface area contributed by atoms with Gasteiger partial charge in [-0.15, -0.1) is 0 Å². The number of fused-ring (bicyclic) bond motifs is 1. The van der Waals surface area contributed by atoms with E-state index in [0.717, 1.165) is 0 Å². The Morgan fingerprint density at radius 3 is 2.68 bits per heavy atom. The van der Waals surface area contributed by atoms with Crippen LogP contribution in [-0.2, 0) is 4.74 Å². The minimum Gasteiger partial charge on any atom is -0.454 e. The lowest BCUT2D eigenvalue weighted by atomic mass is 10.1. The van der Waals surface area contributed by atoms with Gasteiger partial charge in [-0.25, -0.2) is 0 Å². The second-order valence-electron chi connectivity index (χ2n) is 4.94. The standard InChI is InChI=1S/C13H18N2O4/c1-13(2,17-3)6-15-12(16)8-4-10-11(5-9(8)14)19-7-18-10/h4-5H,6-7,14H2,1-3H3,(H,15,16). The summed E-state index contributed by atoms with van der Waals surface area (Å²) in [6.07, 6.45) is 0. The van der Waals surface area contributed by atoms with E-state index in [1.165, 1.54) is 0 Å². The quantitative estimate of drug-likeness (QED) is 0.799. The smallest absolute Gasteiger partial charge is 0.253 e. The number of nitrogens with one attached hydrogen (secondary N) is 1. The second-order valence-corrected chi connectivity index (χ2v) is 4.94. The van der Waals surface area contributed by atoms with Crippen molar-refractivity contribution in [1.82, 2.24) is 5.32 Å². The van der Waals surface area contributed by atoms with Crippen LogP contribution in [0.15, 0.2) is 12.1 Å². The predicted octanol–water partition coefficient (Wildman–Crippen LogP) is 1.15. The maximum Gasteiger partial charge on any atom is 0.253 e. The lowest BCUT2D eigenvalue weighted by molar-refractivity contribution is 0.0229. The summed E-state index contributed by atoms with van der Waals surface area (Å²) < 4.78 is 15.7. The molecule has 0 aromatic heterocycles. The Balaban J connectivity index is 2.12. The van der Waals surface area contributed by atoms with Crippen molar-refractivity contribution >= 4 is 11.6 Å². The highest BCUT2D eigenvalue weighted by Crippen LogP contribution is 2.35. The molecule has 0 saturated heterocycles. The van der Waals surface area contributed by atoms with E-state index in [0.29, 0.717) is 29.3 Å². The van der Waals surface area contributed by atoms with Gasteiger partial charge in [0.2, 0.25) is 6.79 Å². The van der Waals surface area contributed by atoms with Crippen molar-refractivity contribution in [3.05, 3.63) is 17.7 Å². The number of carbonyl (C=O) groups is 1. The van der Waals surface area contributed by atoms with E-state index in [4.69, 9.17) is 19.9 Å². The van der Waals surface area contributed by atoms with E-state index in [2.05, 4.69) is 5.32 Å². The molecule has 6 nitrogen and oxygen atoms in total. The first-order valence-corrected chi connectivity index (χ1v) is 5.95. The van der Waals surface area contributed by atoms with Crippen molar-refractivity contribution in [3.63, 3.8) is 0 Å². The lowest BCUT2D eigenvalue weighted by Gasteiger charge is -2.23. The fourth-order valence-corrected chi connectivity index (χ4v) is 1.61. The van der Waals surface area contributed by atoms with E-state index >= 15 is 0 Å². The third kappa shape index (κ3) is 2.90. The van der Waals surface area contributed by atoms with E-state index in [1.807, 2.05) is 13.8 Å². The molecule has 0 aliphatic carbocycles. The molecule has 0 bridgehead atoms. The van der Waals surface area contributed by atoms with Crippen LogP contribution in [0, 0.1) is 0 Å². The molecule has 0 atom stereocenters. The molecule has 104 valence electrons. The van der Waals surface area contributed by atoms with E-state index in [9.17, 15) is 4.79 Å². The Morgan fingerprint density at radius 1 is 1.42 bits per heavy atom. The van der Waals surface area contributed by atoms with Gasteiger partial charge < -0.3 is 25.3 Å². The van der Waals surface area contributed by atoms with Crippen LogP contribution in [-0.4, -0.2) is 32.0 Å². The Morgan fingerprint density at radius 2 is 2.05 bits per heavy atom. The molecule has 0 saturated carbocycles. The molecule has 1 aliphatic rings. The minimum atomic E-state index is -0.430. The number of anilines is 1. The normalized spacial score (nSPS) is 13.4. The lowest BCUT2D eigenvalue weighted by Crippen LogP contribution is -2.39. The number of nitrogens with two attached hydrogens (primary N) is 1. The van der Waals surface area contributed by atoms with Crippen molar-refractivity contribution in [1.29, 1.82) is 0 Å². The van der Waals surface area contributed by atoms with Gasteiger partial charge in [0.25, 0.3) is 5.91 Å². The third-order valence-corrected chi connectivity index (χ3v) is 3.02. The summed E-state index contributed by atoms with van der Waals surface area (Å²) in [6, 6.07) is 3.19. The average molecular weight is 266 g/mol. The molecule has 1 heterocycles. The third-order valence-electron chi connectivity index (χ3n) is 3.02. The Hall–Kier alpha value is -1.95. The predicted molar refractivity (Wildman–Crippen MR) is 70.4 cm³/mol. The first-order chi connectivity index (χ1) is 8.93. The van der Waals surface area contributed by atoms with Gasteiger partial charge in [-0.3, -0.25) is 4.79 Å². The molecule has 1 aliphatic heterocycles. The molecule has 6 heteroatoms. The summed E-state index contributed by atoms with van der Waals surface area (Å²) in [5.74, 6) is 0.831. The SMILES string of the molecule is COC(C)(C)CNC(=O)c1cc2c(cc1N)OCO2. The number of nitrogen functional groups attached to an aromatic ring is 1. The number of hydrogen-bond donors (Lipinski definition) is 2. The highest BCUT2D eigenvalue weighted by Gasteiger charge is 2.22. The first-order valence-electron chi connectivity index (χ1n) is 5.95. The van der Waals surface area contributed by atoms with Gasteiger partial charge in [-0.2, -0.15) is 0 Å². The van der Waals surface area contributed by atoms with E-state index in [1.54, 1.807) is 19.2 Å². The van der Waals surface area contributed by atoms with Crippen molar-refractivity contribution < 1.29 is 19.0 Å². The summed E-state index contributed by atoms with van der Waals surface area (Å²) in [6.45, 7) is 4.30.